The van der Waals surface area contributed by atoms with Crippen molar-refractivity contribution in [2.24, 2.45) is 0 Å². The van der Waals surface area contributed by atoms with E-state index in [1.54, 1.807) is 6.20 Å². The van der Waals surface area contributed by atoms with Crippen LogP contribution < -0.4 is 20.7 Å². The lowest BCUT2D eigenvalue weighted by Crippen LogP contribution is -2.37. The molecule has 1 unspecified atom stereocenters. The summed E-state index contributed by atoms with van der Waals surface area (Å²) in [6, 6.07) is 9.15. The van der Waals surface area contributed by atoms with Crippen molar-refractivity contribution in [3.05, 3.63) is 66.8 Å². The van der Waals surface area contributed by atoms with E-state index in [9.17, 15) is 13.6 Å². The fourth-order valence-electron chi connectivity index (χ4n) is 4.11. The predicted molar refractivity (Wildman–Crippen MR) is 137 cm³/mol. The molecule has 0 spiro atoms. The Morgan fingerprint density at radius 1 is 1.18 bits per heavy atom. The van der Waals surface area contributed by atoms with E-state index in [-0.39, 0.29) is 18.5 Å². The van der Waals surface area contributed by atoms with Gasteiger partial charge in [0.2, 0.25) is 5.91 Å². The topological polar surface area (TPSA) is 115 Å². The number of anilines is 3. The van der Waals surface area contributed by atoms with Gasteiger partial charge in [-0.15, -0.1) is 0 Å². The summed E-state index contributed by atoms with van der Waals surface area (Å²) in [5, 5.41) is 13.8. The number of carbonyl (C=O) groups excluding carboxylic acids is 1. The summed E-state index contributed by atoms with van der Waals surface area (Å²) in [4.78, 5) is 20.9. The molecule has 198 valence electrons. The molecule has 1 aliphatic heterocycles. The number of carbonyl (C=O) groups is 1. The van der Waals surface area contributed by atoms with Gasteiger partial charge < -0.3 is 20.1 Å². The smallest absolute Gasteiger partial charge is 0.246 e. The van der Waals surface area contributed by atoms with Gasteiger partial charge in [0.1, 0.15) is 37.3 Å². The second kappa shape index (κ2) is 11.9. The van der Waals surface area contributed by atoms with Crippen molar-refractivity contribution in [2.75, 3.05) is 30.4 Å². The number of benzene rings is 2. The van der Waals surface area contributed by atoms with Gasteiger partial charge in [-0.25, -0.2) is 18.7 Å². The van der Waals surface area contributed by atoms with Gasteiger partial charge >= 0.3 is 0 Å². The lowest BCUT2D eigenvalue weighted by Gasteiger charge is -2.23. The van der Waals surface area contributed by atoms with Crippen molar-refractivity contribution in [1.82, 2.24) is 25.1 Å². The highest BCUT2D eigenvalue weighted by Crippen LogP contribution is 2.26. The number of ether oxygens (including phenoxy) is 2. The van der Waals surface area contributed by atoms with E-state index in [0.717, 1.165) is 30.9 Å². The molecule has 3 heterocycles. The number of halogens is 2. The van der Waals surface area contributed by atoms with Crippen molar-refractivity contribution in [3.63, 3.8) is 0 Å². The lowest BCUT2D eigenvalue weighted by molar-refractivity contribution is -0.116. The second-order valence-electron chi connectivity index (χ2n) is 8.76. The van der Waals surface area contributed by atoms with E-state index in [1.807, 2.05) is 18.2 Å². The molecule has 12 heteroatoms. The van der Waals surface area contributed by atoms with Gasteiger partial charge in [-0.05, 0) is 43.5 Å². The van der Waals surface area contributed by atoms with E-state index in [4.69, 9.17) is 9.47 Å². The van der Waals surface area contributed by atoms with E-state index in [2.05, 4.69) is 31.0 Å². The molecule has 1 amide bonds. The summed E-state index contributed by atoms with van der Waals surface area (Å²) in [6.07, 6.45) is 7.99. The number of aromatic nitrogens is 4. The zero-order valence-corrected chi connectivity index (χ0v) is 20.5. The molecule has 1 aliphatic rings. The average molecular weight is 524 g/mol. The number of amides is 1. The minimum absolute atomic E-state index is 0.0977. The third-order valence-electron chi connectivity index (χ3n) is 5.96. The number of hydrogen-bond donors (Lipinski definition) is 3. The standard InChI is InChI=1S/C26H27F2N7O3/c27-20-4-3-5-21(25(20)28)34-23(36)15-35-14-17(13-32-35)33-26-19-8-7-18(12-22(19)30-16-31-26)37-11-9-29-24-6-1-2-10-38-24/h3-5,7-8,12-14,16,24,29H,1-2,6,9-11,15H2,(H,34,36)(H,30,31,33). The van der Waals surface area contributed by atoms with Crippen LogP contribution in [0.1, 0.15) is 19.3 Å². The summed E-state index contributed by atoms with van der Waals surface area (Å²) in [5.41, 5.74) is 1.06. The third-order valence-corrected chi connectivity index (χ3v) is 5.96. The first kappa shape index (κ1) is 25.5. The van der Waals surface area contributed by atoms with E-state index in [1.165, 1.54) is 35.8 Å². The van der Waals surface area contributed by atoms with E-state index < -0.39 is 17.5 Å². The highest BCUT2D eigenvalue weighted by molar-refractivity contribution is 5.92. The average Bonchev–Trinajstić information content (AvgIpc) is 3.36. The molecule has 3 N–H and O–H groups in total. The maximum Gasteiger partial charge on any atom is 0.246 e. The van der Waals surface area contributed by atoms with Crippen LogP contribution in [0.15, 0.2) is 55.1 Å². The van der Waals surface area contributed by atoms with Crippen LogP contribution in [0.4, 0.5) is 26.0 Å². The van der Waals surface area contributed by atoms with Crippen LogP contribution in [0.3, 0.4) is 0 Å². The molecule has 1 atom stereocenters. The number of nitrogens with zero attached hydrogens (tertiary/aromatic N) is 4. The number of nitrogens with one attached hydrogen (secondary N) is 3. The Kier molecular flexibility index (Phi) is 8.00. The first-order chi connectivity index (χ1) is 18.5. The number of rotatable bonds is 10. The first-order valence-electron chi connectivity index (χ1n) is 12.3. The van der Waals surface area contributed by atoms with Crippen molar-refractivity contribution < 1.29 is 23.0 Å². The van der Waals surface area contributed by atoms with Crippen molar-refractivity contribution in [2.45, 2.75) is 32.0 Å². The Bertz CT molecular complexity index is 1410. The molecule has 4 aromatic rings. The minimum atomic E-state index is -1.11. The van der Waals surface area contributed by atoms with Gasteiger partial charge in [0.25, 0.3) is 0 Å². The zero-order valence-electron chi connectivity index (χ0n) is 20.5. The SMILES string of the molecule is O=C(Cn1cc(Nc2ncnc3cc(OCCNC4CCCCO4)ccc23)cn1)Nc1cccc(F)c1F. The Hall–Kier alpha value is -4.16. The van der Waals surface area contributed by atoms with Crippen molar-refractivity contribution >= 4 is 34.0 Å². The maximum atomic E-state index is 13.8. The third kappa shape index (κ3) is 6.39. The highest BCUT2D eigenvalue weighted by atomic mass is 19.2. The summed E-state index contributed by atoms with van der Waals surface area (Å²) >= 11 is 0. The molecule has 0 bridgehead atoms. The van der Waals surface area contributed by atoms with Crippen LogP contribution in [-0.4, -0.2) is 51.6 Å². The van der Waals surface area contributed by atoms with E-state index in [0.29, 0.717) is 35.9 Å². The first-order valence-corrected chi connectivity index (χ1v) is 12.3. The molecule has 1 saturated heterocycles. The molecule has 1 fully saturated rings. The molecule has 0 aliphatic carbocycles. The normalized spacial score (nSPS) is 15.4. The highest BCUT2D eigenvalue weighted by Gasteiger charge is 2.14. The van der Waals surface area contributed by atoms with Crippen LogP contribution in [0, 0.1) is 11.6 Å². The predicted octanol–water partition coefficient (Wildman–Crippen LogP) is 3.98. The Morgan fingerprint density at radius 2 is 2.11 bits per heavy atom. The summed E-state index contributed by atoms with van der Waals surface area (Å²) < 4.78 is 40.1. The monoisotopic (exact) mass is 523 g/mol. The van der Waals surface area contributed by atoms with Crippen LogP contribution >= 0.6 is 0 Å². The van der Waals surface area contributed by atoms with Gasteiger partial charge in [-0.1, -0.05) is 6.07 Å². The second-order valence-corrected chi connectivity index (χ2v) is 8.76. The van der Waals surface area contributed by atoms with Crippen LogP contribution in [-0.2, 0) is 16.1 Å². The molecule has 0 radical (unpaired) electrons. The Labute approximate surface area is 217 Å². The molecule has 0 saturated carbocycles. The van der Waals surface area contributed by atoms with Crippen molar-refractivity contribution in [1.29, 1.82) is 0 Å². The fourth-order valence-corrected chi connectivity index (χ4v) is 4.11. The Morgan fingerprint density at radius 3 is 2.97 bits per heavy atom. The summed E-state index contributed by atoms with van der Waals surface area (Å²) in [7, 11) is 0. The van der Waals surface area contributed by atoms with Crippen LogP contribution in [0.5, 0.6) is 5.75 Å². The summed E-state index contributed by atoms with van der Waals surface area (Å²) in [5.74, 6) is -1.44. The van der Waals surface area contributed by atoms with Gasteiger partial charge in [0.15, 0.2) is 11.6 Å². The van der Waals surface area contributed by atoms with Crippen LogP contribution in [0.25, 0.3) is 10.9 Å². The molecular weight excluding hydrogens is 496 g/mol. The molecular formula is C26H27F2N7O3. The van der Waals surface area contributed by atoms with Gasteiger partial charge in [0, 0.05) is 30.8 Å². The molecule has 38 heavy (non-hydrogen) atoms. The van der Waals surface area contributed by atoms with Crippen LogP contribution in [0.2, 0.25) is 0 Å². The van der Waals surface area contributed by atoms with Crippen molar-refractivity contribution in [3.8, 4) is 5.75 Å². The molecule has 2 aromatic carbocycles. The largest absolute Gasteiger partial charge is 0.492 e. The summed E-state index contributed by atoms with van der Waals surface area (Å²) in [6.45, 7) is 1.79. The zero-order chi connectivity index (χ0) is 26.3. The molecule has 2 aromatic heterocycles. The quantitative estimate of drug-likeness (QED) is 0.268. The van der Waals surface area contributed by atoms with Gasteiger partial charge in [0.05, 0.1) is 23.1 Å². The Balaban J connectivity index is 1.17. The van der Waals surface area contributed by atoms with E-state index >= 15 is 0 Å². The number of hydrogen-bond acceptors (Lipinski definition) is 8. The molecule has 5 rings (SSSR count). The number of fused-ring (bicyclic) bond motifs is 1. The van der Waals surface area contributed by atoms with Gasteiger partial charge in [-0.2, -0.15) is 5.10 Å². The van der Waals surface area contributed by atoms with Gasteiger partial charge in [-0.3, -0.25) is 14.8 Å². The molecule has 10 nitrogen and oxygen atoms in total. The maximum absolute atomic E-state index is 13.8. The lowest BCUT2D eigenvalue weighted by atomic mass is 10.2. The minimum Gasteiger partial charge on any atom is -0.492 e. The fraction of sp³-hybridized carbons (Fsp3) is 0.308.